The third kappa shape index (κ3) is 7.64. The summed E-state index contributed by atoms with van der Waals surface area (Å²) >= 11 is 1.05. The molecule has 1 atom stereocenters. The first-order valence-corrected chi connectivity index (χ1v) is 14.9. The molecule has 2 heterocycles. The van der Waals surface area contributed by atoms with Crippen molar-refractivity contribution in [3.05, 3.63) is 112 Å². The molecule has 0 fully saturated rings. The van der Waals surface area contributed by atoms with Crippen LogP contribution in [0.25, 0.3) is 17.2 Å². The summed E-state index contributed by atoms with van der Waals surface area (Å²) in [6.45, 7) is 1.08. The van der Waals surface area contributed by atoms with E-state index in [-0.39, 0.29) is 35.5 Å². The highest BCUT2D eigenvalue weighted by Crippen LogP contribution is 2.39. The van der Waals surface area contributed by atoms with E-state index in [0.717, 1.165) is 33.6 Å². The van der Waals surface area contributed by atoms with Crippen LogP contribution in [0.5, 0.6) is 5.75 Å². The van der Waals surface area contributed by atoms with Gasteiger partial charge in [-0.3, -0.25) is 14.5 Å². The van der Waals surface area contributed by atoms with E-state index in [1.807, 2.05) is 78.9 Å². The number of carboxylic acids is 2. The van der Waals surface area contributed by atoms with Crippen molar-refractivity contribution >= 4 is 46.2 Å². The molecule has 1 aromatic heterocycles. The second kappa shape index (κ2) is 14.0. The number of nitrogens with zero attached hydrogens (tertiary/aromatic N) is 1. The Bertz CT molecular complexity index is 1730. The first-order chi connectivity index (χ1) is 21.7. The number of aliphatic carboxylic acids is 1. The summed E-state index contributed by atoms with van der Waals surface area (Å²) in [5.41, 5.74) is 4.44. The average Bonchev–Trinajstić information content (AvgIpc) is 3.40. The van der Waals surface area contributed by atoms with Crippen molar-refractivity contribution in [2.45, 2.75) is 25.6 Å². The van der Waals surface area contributed by atoms with Gasteiger partial charge in [0.1, 0.15) is 10.8 Å². The van der Waals surface area contributed by atoms with E-state index >= 15 is 0 Å². The number of hydrogen-bond acceptors (Lipinski definition) is 7. The van der Waals surface area contributed by atoms with Gasteiger partial charge in [0.2, 0.25) is 5.91 Å². The molecule has 0 saturated heterocycles. The zero-order valence-electron chi connectivity index (χ0n) is 24.4. The number of hydrogen-bond donors (Lipinski definition) is 4. The van der Waals surface area contributed by atoms with Crippen LogP contribution < -0.4 is 15.4 Å². The maximum Gasteiger partial charge on any atom is 0.394 e. The van der Waals surface area contributed by atoms with Gasteiger partial charge in [0.25, 0.3) is 0 Å². The van der Waals surface area contributed by atoms with Crippen molar-refractivity contribution in [3.63, 3.8) is 0 Å². The Labute approximate surface area is 263 Å². The number of ether oxygens (including phenoxy) is 1. The van der Waals surface area contributed by atoms with E-state index < -0.39 is 17.8 Å². The third-order valence-electron chi connectivity index (χ3n) is 7.53. The molecule has 10 nitrogen and oxygen atoms in total. The van der Waals surface area contributed by atoms with E-state index in [1.54, 1.807) is 13.2 Å². The van der Waals surface area contributed by atoms with E-state index in [1.165, 1.54) is 6.08 Å². The van der Waals surface area contributed by atoms with Crippen LogP contribution in [0.3, 0.4) is 0 Å². The fraction of sp³-hybridized carbons (Fsp3) is 0.176. The molecule has 45 heavy (non-hydrogen) atoms. The van der Waals surface area contributed by atoms with Crippen molar-refractivity contribution < 1.29 is 34.1 Å². The molecule has 0 aliphatic carbocycles. The standard InChI is InChI=1S/C34H31N3O7S/c1-44-26-14-9-22(10-15-26)19-37-20-28-27(30(33(40)41)32(45-28)36-31(39)34(42)43)17-25(37)18-35-29(38)16-11-21-7-12-24(13-8-21)23-5-3-2-4-6-23/h2-16,25H,17-20H2,1H3,(H,35,38)(H,36,39)(H,40,41)(H,42,43). The van der Waals surface area contributed by atoms with Crippen molar-refractivity contribution in [1.29, 1.82) is 0 Å². The lowest BCUT2D eigenvalue weighted by Crippen LogP contribution is -2.46. The highest BCUT2D eigenvalue weighted by atomic mass is 32.1. The summed E-state index contributed by atoms with van der Waals surface area (Å²) in [5.74, 6) is -3.86. The Morgan fingerprint density at radius 1 is 0.956 bits per heavy atom. The summed E-state index contributed by atoms with van der Waals surface area (Å²) in [4.78, 5) is 50.9. The van der Waals surface area contributed by atoms with E-state index in [0.29, 0.717) is 29.3 Å². The summed E-state index contributed by atoms with van der Waals surface area (Å²) in [6.07, 6.45) is 3.47. The maximum absolute atomic E-state index is 12.9. The van der Waals surface area contributed by atoms with Gasteiger partial charge in [-0.15, -0.1) is 11.3 Å². The van der Waals surface area contributed by atoms with Crippen LogP contribution in [0.2, 0.25) is 0 Å². The molecule has 1 unspecified atom stereocenters. The van der Waals surface area contributed by atoms with Gasteiger partial charge >= 0.3 is 17.8 Å². The molecule has 1 aliphatic rings. The summed E-state index contributed by atoms with van der Waals surface area (Å²) in [7, 11) is 1.59. The first-order valence-electron chi connectivity index (χ1n) is 14.1. The molecule has 0 spiro atoms. The Morgan fingerprint density at radius 2 is 1.64 bits per heavy atom. The topological polar surface area (TPSA) is 145 Å². The summed E-state index contributed by atoms with van der Waals surface area (Å²) in [6, 6.07) is 25.2. The quantitative estimate of drug-likeness (QED) is 0.144. The smallest absolute Gasteiger partial charge is 0.394 e. The number of thiophene rings is 1. The van der Waals surface area contributed by atoms with Crippen molar-refractivity contribution in [2.24, 2.45) is 0 Å². The second-order valence-corrected chi connectivity index (χ2v) is 11.6. The van der Waals surface area contributed by atoms with Crippen molar-refractivity contribution in [2.75, 3.05) is 19.0 Å². The van der Waals surface area contributed by atoms with Gasteiger partial charge in [-0.2, -0.15) is 0 Å². The molecule has 3 aromatic carbocycles. The number of carboxylic acid groups (broad SMARTS) is 2. The van der Waals surface area contributed by atoms with Gasteiger partial charge in [-0.05, 0) is 52.4 Å². The first kappa shape index (κ1) is 31.2. The number of anilines is 1. The molecular weight excluding hydrogens is 594 g/mol. The number of aromatic carboxylic acids is 1. The van der Waals surface area contributed by atoms with Crippen LogP contribution in [0.4, 0.5) is 5.00 Å². The van der Waals surface area contributed by atoms with Gasteiger partial charge in [0.15, 0.2) is 0 Å². The third-order valence-corrected chi connectivity index (χ3v) is 8.66. The number of carbonyl (C=O) groups is 4. The van der Waals surface area contributed by atoms with Crippen molar-refractivity contribution in [1.82, 2.24) is 10.2 Å². The van der Waals surface area contributed by atoms with Gasteiger partial charge in [-0.1, -0.05) is 66.7 Å². The molecule has 0 bridgehead atoms. The van der Waals surface area contributed by atoms with Gasteiger partial charge < -0.3 is 25.6 Å². The maximum atomic E-state index is 12.9. The number of methoxy groups -OCH3 is 1. The average molecular weight is 626 g/mol. The van der Waals surface area contributed by atoms with E-state index in [4.69, 9.17) is 9.84 Å². The molecule has 1 aliphatic heterocycles. The number of benzene rings is 3. The highest BCUT2D eigenvalue weighted by Gasteiger charge is 2.34. The minimum absolute atomic E-state index is 0.0183. The molecule has 5 rings (SSSR count). The Balaban J connectivity index is 1.32. The molecule has 4 N–H and O–H groups in total. The predicted molar refractivity (Wildman–Crippen MR) is 171 cm³/mol. The minimum Gasteiger partial charge on any atom is -0.497 e. The van der Waals surface area contributed by atoms with Gasteiger partial charge in [0.05, 0.1) is 12.7 Å². The number of amides is 2. The van der Waals surface area contributed by atoms with Crippen LogP contribution in [-0.2, 0) is 33.9 Å². The number of rotatable bonds is 10. The normalized spacial score (nSPS) is 14.5. The van der Waals surface area contributed by atoms with E-state index in [9.17, 15) is 24.3 Å². The zero-order chi connectivity index (χ0) is 31.9. The summed E-state index contributed by atoms with van der Waals surface area (Å²) < 4.78 is 5.26. The van der Waals surface area contributed by atoms with Crippen LogP contribution in [0.15, 0.2) is 84.9 Å². The fourth-order valence-corrected chi connectivity index (χ4v) is 6.46. The molecule has 0 saturated carbocycles. The van der Waals surface area contributed by atoms with Crippen LogP contribution in [0, 0.1) is 0 Å². The Kier molecular flexibility index (Phi) is 9.71. The molecule has 0 radical (unpaired) electrons. The summed E-state index contributed by atoms with van der Waals surface area (Å²) in [5, 5.41) is 24.2. The lowest BCUT2D eigenvalue weighted by Gasteiger charge is -2.36. The molecule has 4 aromatic rings. The molecule has 11 heteroatoms. The molecule has 2 amide bonds. The van der Waals surface area contributed by atoms with Crippen LogP contribution in [-0.4, -0.2) is 58.6 Å². The lowest BCUT2D eigenvalue weighted by atomic mass is 9.95. The Morgan fingerprint density at radius 3 is 2.29 bits per heavy atom. The van der Waals surface area contributed by atoms with Crippen LogP contribution >= 0.6 is 11.3 Å². The highest BCUT2D eigenvalue weighted by molar-refractivity contribution is 7.17. The number of nitrogens with one attached hydrogen (secondary N) is 2. The zero-order valence-corrected chi connectivity index (χ0v) is 25.2. The second-order valence-electron chi connectivity index (χ2n) is 10.4. The fourth-order valence-electron chi connectivity index (χ4n) is 5.22. The van der Waals surface area contributed by atoms with Gasteiger partial charge in [0, 0.05) is 36.6 Å². The minimum atomic E-state index is -1.71. The molecular formula is C34H31N3O7S. The monoisotopic (exact) mass is 625 g/mol. The predicted octanol–water partition coefficient (Wildman–Crippen LogP) is 4.90. The SMILES string of the molecule is COc1ccc(CN2Cc3sc(NC(=O)C(=O)O)c(C(=O)O)c3CC2CNC(=O)C=Cc2ccc(-c3ccccc3)cc2)cc1. The Hall–Kier alpha value is -5.26. The number of fused-ring (bicyclic) bond motifs is 1. The van der Waals surface area contributed by atoms with Crippen LogP contribution in [0.1, 0.15) is 31.9 Å². The molecule has 230 valence electrons. The van der Waals surface area contributed by atoms with E-state index in [2.05, 4.69) is 15.5 Å². The van der Waals surface area contributed by atoms with Gasteiger partial charge in [-0.25, -0.2) is 9.59 Å². The largest absolute Gasteiger partial charge is 0.497 e. The lowest BCUT2D eigenvalue weighted by molar-refractivity contribution is -0.147. The van der Waals surface area contributed by atoms with Crippen molar-refractivity contribution in [3.8, 4) is 16.9 Å². The number of carbonyl (C=O) groups excluding carboxylic acids is 2.